The highest BCUT2D eigenvalue weighted by atomic mass is 32.2. The molecule has 0 aliphatic carbocycles. The van der Waals surface area contributed by atoms with Gasteiger partial charge in [-0.3, -0.25) is 13.8 Å². The molecule has 0 aliphatic heterocycles. The van der Waals surface area contributed by atoms with Gasteiger partial charge in [-0.2, -0.15) is 0 Å². The number of fused-ring (bicyclic) bond motifs is 3. The van der Waals surface area contributed by atoms with Gasteiger partial charge in [-0.15, -0.1) is 16.8 Å². The Hall–Kier alpha value is -3.17. The van der Waals surface area contributed by atoms with E-state index in [1.165, 1.54) is 23.1 Å². The van der Waals surface area contributed by atoms with E-state index < -0.39 is 0 Å². The molecule has 5 rings (SSSR count). The zero-order chi connectivity index (χ0) is 20.7. The Labute approximate surface area is 179 Å². The molecule has 0 N–H and O–H groups in total. The molecule has 0 atom stereocenters. The maximum Gasteiger partial charge on any atom is 0.259 e. The third-order valence-electron chi connectivity index (χ3n) is 4.73. The number of hydrogen-bond donors (Lipinski definition) is 0. The lowest BCUT2D eigenvalue weighted by Gasteiger charge is -2.07. The fraction of sp³-hybridized carbons (Fsp3) is 0.143. The normalized spacial score (nSPS) is 11.5. The molecule has 0 spiro atoms. The Morgan fingerprint density at radius 3 is 2.93 bits per heavy atom. The van der Waals surface area contributed by atoms with Crippen LogP contribution in [0.25, 0.3) is 26.6 Å². The Bertz CT molecular complexity index is 1440. The van der Waals surface area contributed by atoms with E-state index >= 15 is 0 Å². The minimum Gasteiger partial charge on any atom is -0.469 e. The van der Waals surface area contributed by atoms with Crippen molar-refractivity contribution in [2.45, 2.75) is 24.4 Å². The van der Waals surface area contributed by atoms with Gasteiger partial charge in [-0.1, -0.05) is 41.3 Å². The van der Waals surface area contributed by atoms with E-state index in [0.717, 1.165) is 32.5 Å². The summed E-state index contributed by atoms with van der Waals surface area (Å²) in [6.45, 7) is 6.31. The number of thioether (sulfide) groups is 1. The molecule has 4 aromatic heterocycles. The van der Waals surface area contributed by atoms with Crippen LogP contribution in [-0.4, -0.2) is 24.1 Å². The van der Waals surface area contributed by atoms with E-state index in [4.69, 9.17) is 9.40 Å². The summed E-state index contributed by atoms with van der Waals surface area (Å²) in [5.41, 5.74) is 2.43. The highest BCUT2D eigenvalue weighted by Crippen LogP contribution is 2.29. The number of aryl methyl sites for hydroxylation is 1. The van der Waals surface area contributed by atoms with Crippen molar-refractivity contribution in [3.05, 3.63) is 77.1 Å². The molecule has 0 radical (unpaired) electrons. The van der Waals surface area contributed by atoms with Crippen LogP contribution in [0.15, 0.2) is 69.7 Å². The second-order valence-corrected chi connectivity index (χ2v) is 8.61. The summed E-state index contributed by atoms with van der Waals surface area (Å²) in [7, 11) is 0. The van der Waals surface area contributed by atoms with E-state index in [0.29, 0.717) is 23.0 Å². The maximum absolute atomic E-state index is 12.7. The lowest BCUT2D eigenvalue weighted by Crippen LogP contribution is -2.13. The minimum atomic E-state index is -0.0738. The standard InChI is InChI=1S/C21H17N5O2S2/c1-3-9-25-19(15-8-10-28-13(15)2)23-24-21(25)29-12-14-11-18(27)26-16-6-4-5-7-17(16)30-20(26)22-14/h3-8,10-11H,1,9,12H2,2H3. The number of thiazole rings is 1. The Morgan fingerprint density at radius 1 is 1.27 bits per heavy atom. The summed E-state index contributed by atoms with van der Waals surface area (Å²) >= 11 is 3.01. The number of hydrogen-bond acceptors (Lipinski definition) is 7. The van der Waals surface area contributed by atoms with Crippen LogP contribution < -0.4 is 5.56 Å². The SMILES string of the molecule is C=CCn1c(SCc2cc(=O)n3c(n2)sc2ccccc23)nnc1-c1ccoc1C. The Balaban J connectivity index is 1.48. The molecule has 0 saturated heterocycles. The van der Waals surface area contributed by atoms with E-state index in [-0.39, 0.29) is 5.56 Å². The molecule has 0 unspecified atom stereocenters. The summed E-state index contributed by atoms with van der Waals surface area (Å²) in [5, 5.41) is 9.43. The quantitative estimate of drug-likeness (QED) is 0.288. The largest absolute Gasteiger partial charge is 0.469 e. The van der Waals surface area contributed by atoms with Crippen LogP contribution in [0, 0.1) is 6.92 Å². The van der Waals surface area contributed by atoms with Crippen LogP contribution in [-0.2, 0) is 12.3 Å². The number of furan rings is 1. The van der Waals surface area contributed by atoms with Crippen LogP contribution in [0.3, 0.4) is 0 Å². The molecular formula is C21H17N5O2S2. The third-order valence-corrected chi connectivity index (χ3v) is 6.75. The zero-order valence-corrected chi connectivity index (χ0v) is 17.7. The third kappa shape index (κ3) is 3.16. The van der Waals surface area contributed by atoms with Gasteiger partial charge in [0, 0.05) is 18.4 Å². The van der Waals surface area contributed by atoms with Crippen molar-refractivity contribution in [3.8, 4) is 11.4 Å². The molecule has 30 heavy (non-hydrogen) atoms. The van der Waals surface area contributed by atoms with E-state index in [2.05, 4.69) is 16.8 Å². The van der Waals surface area contributed by atoms with Gasteiger partial charge in [-0.25, -0.2) is 4.98 Å². The summed E-state index contributed by atoms with van der Waals surface area (Å²) in [6.07, 6.45) is 3.45. The van der Waals surface area contributed by atoms with Crippen molar-refractivity contribution in [2.24, 2.45) is 0 Å². The highest BCUT2D eigenvalue weighted by molar-refractivity contribution is 7.98. The van der Waals surface area contributed by atoms with E-state index in [1.54, 1.807) is 22.8 Å². The average molecular weight is 436 g/mol. The lowest BCUT2D eigenvalue weighted by molar-refractivity contribution is 0.534. The van der Waals surface area contributed by atoms with Gasteiger partial charge in [0.2, 0.25) is 0 Å². The van der Waals surface area contributed by atoms with Crippen molar-refractivity contribution in [1.82, 2.24) is 24.1 Å². The number of para-hydroxylation sites is 1. The fourth-order valence-corrected chi connectivity index (χ4v) is 5.23. The number of benzene rings is 1. The first-order valence-electron chi connectivity index (χ1n) is 9.27. The molecule has 0 fully saturated rings. The first-order valence-corrected chi connectivity index (χ1v) is 11.1. The first-order chi connectivity index (χ1) is 14.7. The van der Waals surface area contributed by atoms with Gasteiger partial charge in [-0.05, 0) is 25.1 Å². The summed E-state index contributed by atoms with van der Waals surface area (Å²) < 4.78 is 10.1. The van der Waals surface area contributed by atoms with Gasteiger partial charge in [0.15, 0.2) is 15.9 Å². The molecule has 7 nitrogen and oxygen atoms in total. The topological polar surface area (TPSA) is 78.2 Å². The molecule has 150 valence electrons. The van der Waals surface area contributed by atoms with Gasteiger partial charge in [0.1, 0.15) is 5.76 Å². The second kappa shape index (κ2) is 7.58. The minimum absolute atomic E-state index is 0.0738. The molecule has 0 saturated carbocycles. The van der Waals surface area contributed by atoms with Crippen molar-refractivity contribution in [3.63, 3.8) is 0 Å². The summed E-state index contributed by atoms with van der Waals surface area (Å²) in [5.74, 6) is 2.03. The van der Waals surface area contributed by atoms with Crippen molar-refractivity contribution in [2.75, 3.05) is 0 Å². The maximum atomic E-state index is 12.7. The van der Waals surface area contributed by atoms with Crippen LogP contribution in [0.2, 0.25) is 0 Å². The summed E-state index contributed by atoms with van der Waals surface area (Å²) in [6, 6.07) is 11.3. The predicted octanol–water partition coefficient (Wildman–Crippen LogP) is 4.55. The first kappa shape index (κ1) is 18.8. The highest BCUT2D eigenvalue weighted by Gasteiger charge is 2.17. The van der Waals surface area contributed by atoms with Crippen LogP contribution in [0.5, 0.6) is 0 Å². The molecule has 1 aromatic carbocycles. The summed E-state index contributed by atoms with van der Waals surface area (Å²) in [4.78, 5) is 18.1. The Kier molecular flexibility index (Phi) is 4.76. The van der Waals surface area contributed by atoms with Crippen LogP contribution in [0.1, 0.15) is 11.5 Å². The van der Waals surface area contributed by atoms with E-state index in [1.807, 2.05) is 41.8 Å². The number of rotatable bonds is 6. The monoisotopic (exact) mass is 435 g/mol. The van der Waals surface area contributed by atoms with Gasteiger partial charge >= 0.3 is 0 Å². The van der Waals surface area contributed by atoms with Gasteiger partial charge in [0.25, 0.3) is 5.56 Å². The smallest absolute Gasteiger partial charge is 0.259 e. The van der Waals surface area contributed by atoms with Gasteiger partial charge < -0.3 is 4.42 Å². The fourth-order valence-electron chi connectivity index (χ4n) is 3.34. The van der Waals surface area contributed by atoms with Crippen LogP contribution >= 0.6 is 23.1 Å². The van der Waals surface area contributed by atoms with Crippen molar-refractivity contribution < 1.29 is 4.42 Å². The molecule has 0 aliphatic rings. The molecule has 0 amide bonds. The van der Waals surface area contributed by atoms with Crippen molar-refractivity contribution in [1.29, 1.82) is 0 Å². The van der Waals surface area contributed by atoms with Gasteiger partial charge in [0.05, 0.1) is 27.7 Å². The Morgan fingerprint density at radius 2 is 2.13 bits per heavy atom. The molecule has 0 bridgehead atoms. The zero-order valence-electron chi connectivity index (χ0n) is 16.1. The number of nitrogens with zero attached hydrogens (tertiary/aromatic N) is 5. The van der Waals surface area contributed by atoms with Crippen molar-refractivity contribution >= 4 is 38.3 Å². The number of allylic oxidation sites excluding steroid dienone is 1. The molecule has 5 aromatic rings. The second-order valence-electron chi connectivity index (χ2n) is 6.66. The van der Waals surface area contributed by atoms with Crippen LogP contribution in [0.4, 0.5) is 0 Å². The molecular weight excluding hydrogens is 418 g/mol. The number of aromatic nitrogens is 5. The molecule has 4 heterocycles. The lowest BCUT2D eigenvalue weighted by atomic mass is 10.2. The van der Waals surface area contributed by atoms with E-state index in [9.17, 15) is 4.79 Å². The molecule has 9 heteroatoms. The average Bonchev–Trinajstić information content (AvgIpc) is 3.43. The predicted molar refractivity (Wildman–Crippen MR) is 119 cm³/mol.